The number of hydrogen-bond acceptors (Lipinski definition) is 6. The Balaban J connectivity index is 2.02. The molecule has 0 aromatic carbocycles. The number of aryl methyl sites for hydroxylation is 1. The van der Waals surface area contributed by atoms with Gasteiger partial charge in [0.25, 0.3) is 11.1 Å². The van der Waals surface area contributed by atoms with Crippen molar-refractivity contribution in [1.29, 1.82) is 0 Å². The topological polar surface area (TPSA) is 76.8 Å². The predicted octanol–water partition coefficient (Wildman–Crippen LogP) is 2.82. The van der Waals surface area contributed by atoms with Crippen LogP contribution in [0.3, 0.4) is 0 Å². The number of carbonyl (C=O) groups is 3. The van der Waals surface area contributed by atoms with Crippen molar-refractivity contribution in [3.63, 3.8) is 0 Å². The maximum atomic E-state index is 12.2. The van der Waals surface area contributed by atoms with Crippen LogP contribution < -0.4 is 0 Å². The Hall–Kier alpha value is -2.02. The van der Waals surface area contributed by atoms with Gasteiger partial charge in [-0.3, -0.25) is 19.3 Å². The van der Waals surface area contributed by atoms with Crippen LogP contribution in [0.1, 0.15) is 25.4 Å². The molecule has 0 atom stereocenters. The van der Waals surface area contributed by atoms with Crippen LogP contribution in [-0.2, 0) is 14.3 Å². The van der Waals surface area contributed by atoms with Crippen molar-refractivity contribution in [3.05, 3.63) is 28.6 Å². The standard InChI is InChI=1S/C15H17NO5S/c1-9(2)8-20-13(17)7-16-14(18)12(22-15(16)19)6-11-5-4-10(3)21-11/h4-6,9H,7-8H2,1-3H3/b12-6+. The molecule has 0 spiro atoms. The highest BCUT2D eigenvalue weighted by molar-refractivity contribution is 8.18. The molecule has 0 unspecified atom stereocenters. The average Bonchev–Trinajstić information content (AvgIpc) is 2.96. The van der Waals surface area contributed by atoms with E-state index in [1.165, 1.54) is 6.08 Å². The Bertz CT molecular complexity index is 632. The summed E-state index contributed by atoms with van der Waals surface area (Å²) in [5.41, 5.74) is 0. The second-order valence-corrected chi connectivity index (χ2v) is 6.29. The molecule has 0 radical (unpaired) electrons. The second-order valence-electron chi connectivity index (χ2n) is 5.29. The van der Waals surface area contributed by atoms with E-state index in [2.05, 4.69) is 0 Å². The third-order valence-electron chi connectivity index (χ3n) is 2.77. The van der Waals surface area contributed by atoms with E-state index in [1.807, 2.05) is 13.8 Å². The number of nitrogens with zero attached hydrogens (tertiary/aromatic N) is 1. The van der Waals surface area contributed by atoms with Crippen molar-refractivity contribution in [1.82, 2.24) is 4.90 Å². The fourth-order valence-corrected chi connectivity index (χ4v) is 2.55. The number of amides is 2. The molecule has 118 valence electrons. The van der Waals surface area contributed by atoms with Gasteiger partial charge < -0.3 is 9.15 Å². The maximum absolute atomic E-state index is 12.2. The third kappa shape index (κ3) is 4.00. The van der Waals surface area contributed by atoms with Crippen LogP contribution in [0, 0.1) is 12.8 Å². The summed E-state index contributed by atoms with van der Waals surface area (Å²) in [6.45, 7) is 5.49. The Morgan fingerprint density at radius 1 is 1.41 bits per heavy atom. The highest BCUT2D eigenvalue weighted by Crippen LogP contribution is 2.32. The number of esters is 1. The van der Waals surface area contributed by atoms with Crippen LogP contribution in [0.15, 0.2) is 21.5 Å². The molecule has 1 aromatic heterocycles. The first-order valence-electron chi connectivity index (χ1n) is 6.84. The number of imide groups is 1. The van der Waals surface area contributed by atoms with Gasteiger partial charge in [0.05, 0.1) is 11.5 Å². The van der Waals surface area contributed by atoms with Gasteiger partial charge >= 0.3 is 5.97 Å². The third-order valence-corrected chi connectivity index (χ3v) is 3.68. The van der Waals surface area contributed by atoms with Crippen LogP contribution in [0.2, 0.25) is 0 Å². The zero-order valence-electron chi connectivity index (χ0n) is 12.6. The Labute approximate surface area is 132 Å². The van der Waals surface area contributed by atoms with Crippen molar-refractivity contribution in [2.75, 3.05) is 13.2 Å². The molecule has 0 saturated carbocycles. The van der Waals surface area contributed by atoms with E-state index in [0.717, 1.165) is 16.7 Å². The van der Waals surface area contributed by atoms with Gasteiger partial charge in [-0.2, -0.15) is 0 Å². The zero-order valence-corrected chi connectivity index (χ0v) is 13.4. The van der Waals surface area contributed by atoms with Gasteiger partial charge in [0.2, 0.25) is 0 Å². The molecule has 0 N–H and O–H groups in total. The normalized spacial score (nSPS) is 16.9. The van der Waals surface area contributed by atoms with E-state index in [4.69, 9.17) is 9.15 Å². The molecular formula is C15H17NO5S. The number of furan rings is 1. The molecule has 0 aliphatic carbocycles. The molecule has 0 bridgehead atoms. The van der Waals surface area contributed by atoms with Crippen LogP contribution in [0.5, 0.6) is 0 Å². The first-order valence-corrected chi connectivity index (χ1v) is 7.66. The molecule has 22 heavy (non-hydrogen) atoms. The lowest BCUT2D eigenvalue weighted by Gasteiger charge is -2.12. The monoisotopic (exact) mass is 323 g/mol. The van der Waals surface area contributed by atoms with E-state index >= 15 is 0 Å². The molecule has 1 saturated heterocycles. The smallest absolute Gasteiger partial charge is 0.326 e. The lowest BCUT2D eigenvalue weighted by molar-refractivity contribution is -0.147. The Morgan fingerprint density at radius 3 is 2.73 bits per heavy atom. The lowest BCUT2D eigenvalue weighted by Crippen LogP contribution is -2.34. The molecule has 6 nitrogen and oxygen atoms in total. The summed E-state index contributed by atoms with van der Waals surface area (Å²) in [4.78, 5) is 36.8. The van der Waals surface area contributed by atoms with Gasteiger partial charge in [0.1, 0.15) is 18.1 Å². The molecule has 1 aliphatic heterocycles. The van der Waals surface area contributed by atoms with Gasteiger partial charge in [-0.15, -0.1) is 0 Å². The summed E-state index contributed by atoms with van der Waals surface area (Å²) in [7, 11) is 0. The van der Waals surface area contributed by atoms with E-state index in [9.17, 15) is 14.4 Å². The van der Waals surface area contributed by atoms with Gasteiger partial charge in [0.15, 0.2) is 0 Å². The average molecular weight is 323 g/mol. The van der Waals surface area contributed by atoms with Gasteiger partial charge in [-0.05, 0) is 36.7 Å². The van der Waals surface area contributed by atoms with Crippen LogP contribution in [0.25, 0.3) is 6.08 Å². The van der Waals surface area contributed by atoms with Gasteiger partial charge in [0, 0.05) is 6.08 Å². The van der Waals surface area contributed by atoms with Crippen molar-refractivity contribution < 1.29 is 23.5 Å². The summed E-state index contributed by atoms with van der Waals surface area (Å²) in [6.07, 6.45) is 1.50. The van der Waals surface area contributed by atoms with Crippen molar-refractivity contribution in [2.24, 2.45) is 5.92 Å². The fraction of sp³-hybridized carbons (Fsp3) is 0.400. The molecule has 2 rings (SSSR count). The van der Waals surface area contributed by atoms with Gasteiger partial charge in [-0.25, -0.2) is 0 Å². The first-order chi connectivity index (χ1) is 10.4. The number of ether oxygens (including phenoxy) is 1. The molecule has 2 heterocycles. The predicted molar refractivity (Wildman–Crippen MR) is 81.9 cm³/mol. The van der Waals surface area contributed by atoms with Crippen molar-refractivity contribution in [2.45, 2.75) is 20.8 Å². The number of hydrogen-bond donors (Lipinski definition) is 0. The van der Waals surface area contributed by atoms with E-state index in [1.54, 1.807) is 19.1 Å². The summed E-state index contributed by atoms with van der Waals surface area (Å²) in [6, 6.07) is 3.47. The molecular weight excluding hydrogens is 306 g/mol. The van der Waals surface area contributed by atoms with E-state index in [0.29, 0.717) is 11.5 Å². The summed E-state index contributed by atoms with van der Waals surface area (Å²) >= 11 is 0.783. The highest BCUT2D eigenvalue weighted by atomic mass is 32.2. The van der Waals surface area contributed by atoms with Crippen molar-refractivity contribution >= 4 is 35.0 Å². The first kappa shape index (κ1) is 16.4. The van der Waals surface area contributed by atoms with Crippen LogP contribution in [-0.4, -0.2) is 35.2 Å². The largest absolute Gasteiger partial charge is 0.464 e. The number of thioether (sulfide) groups is 1. The van der Waals surface area contributed by atoms with Crippen molar-refractivity contribution in [3.8, 4) is 0 Å². The number of rotatable bonds is 5. The number of carbonyl (C=O) groups excluding carboxylic acids is 3. The summed E-state index contributed by atoms with van der Waals surface area (Å²) in [5, 5.41) is -0.485. The highest BCUT2D eigenvalue weighted by Gasteiger charge is 2.36. The molecule has 1 aliphatic rings. The molecule has 7 heteroatoms. The minimum Gasteiger partial charge on any atom is -0.464 e. The second kappa shape index (κ2) is 6.83. The van der Waals surface area contributed by atoms with E-state index in [-0.39, 0.29) is 24.0 Å². The maximum Gasteiger partial charge on any atom is 0.326 e. The van der Waals surface area contributed by atoms with Crippen LogP contribution >= 0.6 is 11.8 Å². The van der Waals surface area contributed by atoms with Crippen LogP contribution in [0.4, 0.5) is 4.79 Å². The molecule has 1 aromatic rings. The minimum absolute atomic E-state index is 0.195. The lowest BCUT2D eigenvalue weighted by atomic mass is 10.2. The van der Waals surface area contributed by atoms with Gasteiger partial charge in [-0.1, -0.05) is 13.8 Å². The Morgan fingerprint density at radius 2 is 2.14 bits per heavy atom. The fourth-order valence-electron chi connectivity index (χ4n) is 1.73. The minimum atomic E-state index is -0.592. The molecule has 2 amide bonds. The molecule has 1 fully saturated rings. The summed E-state index contributed by atoms with van der Waals surface area (Å²) in [5.74, 6) is 0.297. The Kier molecular flexibility index (Phi) is 5.07. The van der Waals surface area contributed by atoms with E-state index < -0.39 is 17.1 Å². The SMILES string of the molecule is Cc1ccc(/C=C2/SC(=O)N(CC(=O)OCC(C)C)C2=O)o1. The quantitative estimate of drug-likeness (QED) is 0.612. The zero-order chi connectivity index (χ0) is 16.3. The summed E-state index contributed by atoms with van der Waals surface area (Å²) < 4.78 is 10.3.